The van der Waals surface area contributed by atoms with E-state index in [1.807, 2.05) is 0 Å². The predicted molar refractivity (Wildman–Crippen MR) is 71.5 cm³/mol. The molecule has 1 aliphatic rings. The van der Waals surface area contributed by atoms with Crippen molar-refractivity contribution in [1.29, 1.82) is 0 Å². The zero-order chi connectivity index (χ0) is 15.9. The Labute approximate surface area is 123 Å². The molecule has 0 saturated carbocycles. The van der Waals surface area contributed by atoms with Gasteiger partial charge in [0.1, 0.15) is 18.9 Å². The number of fused-ring (bicyclic) bond motifs is 1. The van der Waals surface area contributed by atoms with Crippen LogP contribution in [0.1, 0.15) is 23.0 Å². The van der Waals surface area contributed by atoms with E-state index in [1.165, 1.54) is 18.2 Å². The van der Waals surface area contributed by atoms with Crippen LogP contribution in [0.15, 0.2) is 18.2 Å². The number of alkyl halides is 2. The van der Waals surface area contributed by atoms with Gasteiger partial charge in [0.15, 0.2) is 11.5 Å². The number of hydrogen-bond donors (Lipinski definition) is 2. The number of carboxylic acids is 1. The second-order valence-corrected chi connectivity index (χ2v) is 4.90. The fourth-order valence-corrected chi connectivity index (χ4v) is 2.23. The molecule has 1 aliphatic heterocycles. The molecule has 0 unspecified atom stereocenters. The monoisotopic (exact) mass is 310 g/mol. The smallest absolute Gasteiger partial charge is 0.353 e. The Balaban J connectivity index is 2.17. The number of rotatable bonds is 3. The molecule has 8 heteroatoms. The van der Waals surface area contributed by atoms with Gasteiger partial charge in [-0.05, 0) is 18.2 Å². The lowest BCUT2D eigenvalue weighted by Crippen LogP contribution is -2.17. The fourth-order valence-electron chi connectivity index (χ4n) is 2.23. The van der Waals surface area contributed by atoms with Crippen molar-refractivity contribution >= 4 is 5.97 Å². The summed E-state index contributed by atoms with van der Waals surface area (Å²) < 4.78 is 38.5. The number of aromatic amines is 1. The van der Waals surface area contributed by atoms with Crippen molar-refractivity contribution in [2.24, 2.45) is 0 Å². The first-order valence-electron chi connectivity index (χ1n) is 6.47. The molecule has 0 bridgehead atoms. The maximum atomic E-state index is 13.9. The van der Waals surface area contributed by atoms with Gasteiger partial charge >= 0.3 is 5.97 Å². The lowest BCUT2D eigenvalue weighted by Gasteiger charge is -2.22. The molecule has 1 aromatic carbocycles. The third-order valence-electron chi connectivity index (χ3n) is 3.24. The van der Waals surface area contributed by atoms with Crippen LogP contribution in [0.2, 0.25) is 0 Å². The van der Waals surface area contributed by atoms with Crippen molar-refractivity contribution < 1.29 is 28.2 Å². The Morgan fingerprint density at radius 3 is 2.45 bits per heavy atom. The standard InChI is InChI=1S/C14H12F2N2O4/c1-14(15,16)8-5-12-11(21-2-3-22-12)4-7(8)9-6-10(13(19)20)18-17-9/h4-6H,2-3H2,1H3,(H,17,18)(H,19,20). The van der Waals surface area contributed by atoms with Crippen molar-refractivity contribution in [1.82, 2.24) is 10.2 Å². The van der Waals surface area contributed by atoms with E-state index >= 15 is 0 Å². The number of H-pyrrole nitrogens is 1. The van der Waals surface area contributed by atoms with Crippen LogP contribution in [-0.2, 0) is 5.92 Å². The largest absolute Gasteiger partial charge is 0.486 e. The van der Waals surface area contributed by atoms with Gasteiger partial charge in [-0.3, -0.25) is 5.10 Å². The first kappa shape index (κ1) is 14.3. The number of aromatic nitrogens is 2. The lowest BCUT2D eigenvalue weighted by molar-refractivity contribution is 0.0175. The molecule has 0 amide bonds. The highest BCUT2D eigenvalue weighted by Crippen LogP contribution is 2.43. The normalized spacial score (nSPS) is 14.0. The van der Waals surface area contributed by atoms with E-state index in [1.54, 1.807) is 0 Å². The van der Waals surface area contributed by atoms with E-state index in [9.17, 15) is 13.6 Å². The fraction of sp³-hybridized carbons (Fsp3) is 0.286. The summed E-state index contributed by atoms with van der Waals surface area (Å²) in [6.45, 7) is 1.36. The average Bonchev–Trinajstić information content (AvgIpc) is 2.95. The highest BCUT2D eigenvalue weighted by Gasteiger charge is 2.32. The van der Waals surface area contributed by atoms with Gasteiger partial charge < -0.3 is 14.6 Å². The number of halogens is 2. The van der Waals surface area contributed by atoms with Gasteiger partial charge in [0.2, 0.25) is 0 Å². The number of nitrogens with one attached hydrogen (secondary N) is 1. The molecule has 2 aromatic rings. The second-order valence-electron chi connectivity index (χ2n) is 4.90. The SMILES string of the molecule is CC(F)(F)c1cc2c(cc1-c1cc(C(=O)O)[nH]n1)OCCO2. The molecule has 0 atom stereocenters. The molecular formula is C14H12F2N2O4. The van der Waals surface area contributed by atoms with Gasteiger partial charge in [0.05, 0.1) is 5.69 Å². The van der Waals surface area contributed by atoms with Crippen LogP contribution in [-0.4, -0.2) is 34.5 Å². The first-order valence-corrected chi connectivity index (χ1v) is 6.47. The minimum absolute atomic E-state index is 0.0977. The third-order valence-corrected chi connectivity index (χ3v) is 3.24. The highest BCUT2D eigenvalue weighted by molar-refractivity contribution is 5.87. The third kappa shape index (κ3) is 2.47. The molecule has 116 valence electrons. The summed E-state index contributed by atoms with van der Waals surface area (Å²) in [6, 6.07) is 3.80. The van der Waals surface area contributed by atoms with Gasteiger partial charge in [-0.1, -0.05) is 0 Å². The summed E-state index contributed by atoms with van der Waals surface area (Å²) in [4.78, 5) is 10.9. The summed E-state index contributed by atoms with van der Waals surface area (Å²) >= 11 is 0. The molecular weight excluding hydrogens is 298 g/mol. The van der Waals surface area contributed by atoms with Gasteiger partial charge in [0, 0.05) is 18.1 Å². The van der Waals surface area contributed by atoms with E-state index in [0.717, 1.165) is 6.92 Å². The number of hydrogen-bond acceptors (Lipinski definition) is 4. The average molecular weight is 310 g/mol. The summed E-state index contributed by atoms with van der Waals surface area (Å²) in [7, 11) is 0. The molecule has 6 nitrogen and oxygen atoms in total. The van der Waals surface area contributed by atoms with E-state index in [2.05, 4.69) is 10.2 Å². The van der Waals surface area contributed by atoms with Crippen LogP contribution < -0.4 is 9.47 Å². The topological polar surface area (TPSA) is 84.4 Å². The van der Waals surface area contributed by atoms with Gasteiger partial charge in [0.25, 0.3) is 5.92 Å². The Morgan fingerprint density at radius 2 is 1.91 bits per heavy atom. The van der Waals surface area contributed by atoms with Crippen molar-refractivity contribution in [2.45, 2.75) is 12.8 Å². The van der Waals surface area contributed by atoms with Crippen molar-refractivity contribution in [3.63, 3.8) is 0 Å². The molecule has 0 saturated heterocycles. The number of carboxylic acid groups (broad SMARTS) is 1. The quantitative estimate of drug-likeness (QED) is 0.910. The van der Waals surface area contributed by atoms with Crippen molar-refractivity contribution in [3.05, 3.63) is 29.5 Å². The van der Waals surface area contributed by atoms with Crippen LogP contribution in [0.4, 0.5) is 8.78 Å². The molecule has 2 heterocycles. The summed E-state index contributed by atoms with van der Waals surface area (Å²) in [6.07, 6.45) is 0. The number of nitrogens with zero attached hydrogens (tertiary/aromatic N) is 1. The zero-order valence-electron chi connectivity index (χ0n) is 11.5. The van der Waals surface area contributed by atoms with Gasteiger partial charge in [-0.15, -0.1) is 0 Å². The van der Waals surface area contributed by atoms with Crippen LogP contribution in [0.5, 0.6) is 11.5 Å². The highest BCUT2D eigenvalue weighted by atomic mass is 19.3. The van der Waals surface area contributed by atoms with Crippen LogP contribution in [0.25, 0.3) is 11.3 Å². The van der Waals surface area contributed by atoms with Gasteiger partial charge in [-0.2, -0.15) is 5.10 Å². The molecule has 3 rings (SSSR count). The molecule has 0 spiro atoms. The van der Waals surface area contributed by atoms with Crippen LogP contribution in [0, 0.1) is 0 Å². The summed E-state index contributed by atoms with van der Waals surface area (Å²) in [5.74, 6) is -3.80. The summed E-state index contributed by atoms with van der Waals surface area (Å²) in [5.41, 5.74) is -0.290. The molecule has 0 fully saturated rings. The Bertz CT molecular complexity index is 737. The minimum Gasteiger partial charge on any atom is -0.486 e. The van der Waals surface area contributed by atoms with E-state index in [4.69, 9.17) is 14.6 Å². The first-order chi connectivity index (χ1) is 10.4. The summed E-state index contributed by atoms with van der Waals surface area (Å²) in [5, 5.41) is 15.0. The molecule has 1 aromatic heterocycles. The second kappa shape index (κ2) is 4.97. The Morgan fingerprint density at radius 1 is 1.27 bits per heavy atom. The van der Waals surface area contributed by atoms with E-state index in [-0.39, 0.29) is 34.9 Å². The van der Waals surface area contributed by atoms with Crippen molar-refractivity contribution in [2.75, 3.05) is 13.2 Å². The molecule has 22 heavy (non-hydrogen) atoms. The Hall–Kier alpha value is -2.64. The number of ether oxygens (including phenoxy) is 2. The lowest BCUT2D eigenvalue weighted by atomic mass is 9.98. The van der Waals surface area contributed by atoms with Crippen molar-refractivity contribution in [3.8, 4) is 22.8 Å². The maximum absolute atomic E-state index is 13.9. The minimum atomic E-state index is -3.15. The van der Waals surface area contributed by atoms with Crippen LogP contribution in [0.3, 0.4) is 0 Å². The molecule has 0 radical (unpaired) electrons. The van der Waals surface area contributed by atoms with E-state index in [0.29, 0.717) is 12.4 Å². The van der Waals surface area contributed by atoms with E-state index < -0.39 is 11.9 Å². The van der Waals surface area contributed by atoms with Gasteiger partial charge in [-0.25, -0.2) is 13.6 Å². The number of carbonyl (C=O) groups is 1. The predicted octanol–water partition coefficient (Wildman–Crippen LogP) is 2.66. The molecule has 0 aliphatic carbocycles. The molecule has 2 N–H and O–H groups in total. The van der Waals surface area contributed by atoms with Crippen LogP contribution >= 0.6 is 0 Å². The number of aromatic carboxylic acids is 1. The number of benzene rings is 1. The zero-order valence-corrected chi connectivity index (χ0v) is 11.5. The Kier molecular flexibility index (Phi) is 3.23. The maximum Gasteiger partial charge on any atom is 0.353 e.